The first-order valence-electron chi connectivity index (χ1n) is 8.07. The van der Waals surface area contributed by atoms with E-state index in [-0.39, 0.29) is 22.5 Å². The minimum atomic E-state index is -1.14. The number of aromatic carboxylic acids is 1. The molecule has 9 heteroatoms. The molecule has 0 radical (unpaired) electrons. The summed E-state index contributed by atoms with van der Waals surface area (Å²) in [5.74, 6) is -3.20. The van der Waals surface area contributed by atoms with E-state index in [1.165, 1.54) is 55.5 Å². The molecule has 2 aromatic carbocycles. The van der Waals surface area contributed by atoms with E-state index in [1.807, 2.05) is 0 Å². The minimum absolute atomic E-state index is 0.00579. The number of carboxylic acid groups (broad SMARTS) is 1. The van der Waals surface area contributed by atoms with Crippen LogP contribution >= 0.6 is 0 Å². The van der Waals surface area contributed by atoms with Gasteiger partial charge < -0.3 is 10.2 Å². The quantitative estimate of drug-likeness (QED) is 0.599. The number of aliphatic hydroxyl groups is 1. The molecule has 3 rings (SSSR count). The number of carboxylic acids is 1. The third-order valence-electron chi connectivity index (χ3n) is 4.40. The normalized spacial score (nSPS) is 16.4. The van der Waals surface area contributed by atoms with Gasteiger partial charge in [-0.15, -0.1) is 0 Å². The molecule has 2 aromatic rings. The number of hydrogen-bond donors (Lipinski definition) is 2. The van der Waals surface area contributed by atoms with Crippen LogP contribution < -0.4 is 4.90 Å². The molecule has 0 aliphatic carbocycles. The SMILES string of the molecule is CC(=O)C1=C(O)C(=O)N(c2ccc(C(=O)O)cc2)[C@H]1c1ccc([N+](=O)[O-])cc1. The fourth-order valence-electron chi connectivity index (χ4n) is 3.09. The van der Waals surface area contributed by atoms with E-state index in [4.69, 9.17) is 5.11 Å². The molecule has 142 valence electrons. The average Bonchev–Trinajstić information content (AvgIpc) is 2.93. The molecule has 1 heterocycles. The van der Waals surface area contributed by atoms with Gasteiger partial charge in [0.15, 0.2) is 11.5 Å². The van der Waals surface area contributed by atoms with Crippen LogP contribution in [0.1, 0.15) is 28.9 Å². The second-order valence-electron chi connectivity index (χ2n) is 6.10. The van der Waals surface area contributed by atoms with Crippen molar-refractivity contribution in [3.05, 3.63) is 81.1 Å². The highest BCUT2D eigenvalue weighted by atomic mass is 16.6. The Morgan fingerprint density at radius 1 is 1.07 bits per heavy atom. The largest absolute Gasteiger partial charge is 0.503 e. The molecular weight excluding hydrogens is 368 g/mol. The number of ketones is 1. The van der Waals surface area contributed by atoms with Crippen molar-refractivity contribution in [3.8, 4) is 0 Å². The number of anilines is 1. The molecule has 0 fully saturated rings. The number of nitro benzene ring substituents is 1. The van der Waals surface area contributed by atoms with Gasteiger partial charge in [-0.05, 0) is 48.9 Å². The summed E-state index contributed by atoms with van der Waals surface area (Å²) in [5, 5.41) is 30.1. The molecule has 0 spiro atoms. The number of nitrogens with zero attached hydrogens (tertiary/aromatic N) is 2. The summed E-state index contributed by atoms with van der Waals surface area (Å²) >= 11 is 0. The Labute approximate surface area is 158 Å². The summed E-state index contributed by atoms with van der Waals surface area (Å²) in [6, 6.07) is 9.62. The maximum atomic E-state index is 12.6. The van der Waals surface area contributed by atoms with Crippen LogP contribution in [0.5, 0.6) is 0 Å². The van der Waals surface area contributed by atoms with Gasteiger partial charge in [0.05, 0.1) is 22.1 Å². The van der Waals surface area contributed by atoms with Crippen LogP contribution in [0.3, 0.4) is 0 Å². The second kappa shape index (κ2) is 6.95. The van der Waals surface area contributed by atoms with Crippen molar-refractivity contribution in [1.29, 1.82) is 0 Å². The minimum Gasteiger partial charge on any atom is -0.503 e. The third-order valence-corrected chi connectivity index (χ3v) is 4.40. The van der Waals surface area contributed by atoms with E-state index in [0.29, 0.717) is 5.56 Å². The number of Topliss-reactive ketones (excluding diaryl/α,β-unsaturated/α-hetero) is 1. The number of hydrogen-bond acceptors (Lipinski definition) is 6. The van der Waals surface area contributed by atoms with Crippen LogP contribution in [-0.2, 0) is 9.59 Å². The number of non-ortho nitro benzene ring substituents is 1. The lowest BCUT2D eigenvalue weighted by Crippen LogP contribution is -2.30. The van der Waals surface area contributed by atoms with Gasteiger partial charge in [0.1, 0.15) is 0 Å². The summed E-state index contributed by atoms with van der Waals surface area (Å²) in [4.78, 5) is 47.2. The van der Waals surface area contributed by atoms with E-state index in [9.17, 15) is 29.6 Å². The predicted molar refractivity (Wildman–Crippen MR) is 97.1 cm³/mol. The third kappa shape index (κ3) is 3.09. The standard InChI is InChI=1S/C19H14N2O7/c1-10(22)15-16(11-2-8-14(9-3-11)21(27)28)20(18(24)17(15)23)13-6-4-12(5-7-13)19(25)26/h2-9,16,23H,1H3,(H,25,26)/t16-/m0/s1. The molecule has 1 amide bonds. The summed E-state index contributed by atoms with van der Waals surface area (Å²) < 4.78 is 0. The molecule has 0 aromatic heterocycles. The number of amides is 1. The maximum Gasteiger partial charge on any atom is 0.335 e. The lowest BCUT2D eigenvalue weighted by atomic mass is 9.96. The summed E-state index contributed by atoms with van der Waals surface area (Å²) in [5.41, 5.74) is 0.354. The molecule has 0 saturated carbocycles. The van der Waals surface area contributed by atoms with Gasteiger partial charge in [-0.25, -0.2) is 4.79 Å². The number of carbonyl (C=O) groups is 3. The predicted octanol–water partition coefficient (Wildman–Crippen LogP) is 2.78. The van der Waals surface area contributed by atoms with Gasteiger partial charge in [0.25, 0.3) is 11.6 Å². The molecule has 9 nitrogen and oxygen atoms in total. The van der Waals surface area contributed by atoms with Crippen LogP contribution in [0.15, 0.2) is 59.9 Å². The van der Waals surface area contributed by atoms with E-state index < -0.39 is 34.4 Å². The number of nitro groups is 1. The summed E-state index contributed by atoms with van der Waals surface area (Å²) in [7, 11) is 0. The van der Waals surface area contributed by atoms with E-state index in [0.717, 1.165) is 4.90 Å². The van der Waals surface area contributed by atoms with Gasteiger partial charge >= 0.3 is 5.97 Å². The van der Waals surface area contributed by atoms with Gasteiger partial charge in [-0.3, -0.25) is 24.6 Å². The Morgan fingerprint density at radius 2 is 1.64 bits per heavy atom. The molecular formula is C19H14N2O7. The highest BCUT2D eigenvalue weighted by molar-refractivity contribution is 6.16. The van der Waals surface area contributed by atoms with Crippen molar-refractivity contribution in [2.45, 2.75) is 13.0 Å². The molecule has 0 saturated heterocycles. The maximum absolute atomic E-state index is 12.6. The van der Waals surface area contributed by atoms with Crippen molar-refractivity contribution in [3.63, 3.8) is 0 Å². The Morgan fingerprint density at radius 3 is 2.11 bits per heavy atom. The van der Waals surface area contributed by atoms with Gasteiger partial charge in [-0.1, -0.05) is 0 Å². The van der Waals surface area contributed by atoms with Crippen LogP contribution in [0.25, 0.3) is 0 Å². The zero-order valence-corrected chi connectivity index (χ0v) is 14.5. The first-order valence-corrected chi connectivity index (χ1v) is 8.07. The fourth-order valence-corrected chi connectivity index (χ4v) is 3.09. The highest BCUT2D eigenvalue weighted by Crippen LogP contribution is 2.41. The first kappa shape index (κ1) is 18.8. The van der Waals surface area contributed by atoms with E-state index in [1.54, 1.807) is 0 Å². The van der Waals surface area contributed by atoms with Crippen LogP contribution in [0.4, 0.5) is 11.4 Å². The Kier molecular flexibility index (Phi) is 4.66. The Hall–Kier alpha value is -4.01. The summed E-state index contributed by atoms with van der Waals surface area (Å²) in [6.07, 6.45) is 0. The molecule has 0 unspecified atom stereocenters. The highest BCUT2D eigenvalue weighted by Gasteiger charge is 2.43. The fraction of sp³-hybridized carbons (Fsp3) is 0.105. The zero-order valence-electron chi connectivity index (χ0n) is 14.5. The van der Waals surface area contributed by atoms with Crippen molar-refractivity contribution in [1.82, 2.24) is 0 Å². The zero-order chi connectivity index (χ0) is 20.6. The van der Waals surface area contributed by atoms with Crippen molar-refractivity contribution in [2.24, 2.45) is 0 Å². The first-order chi connectivity index (χ1) is 13.2. The van der Waals surface area contributed by atoms with Crippen LogP contribution in [0.2, 0.25) is 0 Å². The smallest absolute Gasteiger partial charge is 0.335 e. The number of carbonyl (C=O) groups excluding carboxylic acids is 2. The lowest BCUT2D eigenvalue weighted by Gasteiger charge is -2.26. The summed E-state index contributed by atoms with van der Waals surface area (Å²) in [6.45, 7) is 1.20. The molecule has 0 bridgehead atoms. The van der Waals surface area contributed by atoms with Gasteiger partial charge in [0, 0.05) is 17.8 Å². The van der Waals surface area contributed by atoms with Crippen molar-refractivity contribution >= 4 is 29.0 Å². The van der Waals surface area contributed by atoms with Crippen molar-refractivity contribution < 1.29 is 29.5 Å². The topological polar surface area (TPSA) is 138 Å². The molecule has 1 atom stereocenters. The molecule has 1 aliphatic heterocycles. The van der Waals surface area contributed by atoms with E-state index in [2.05, 4.69) is 0 Å². The number of aliphatic hydroxyl groups excluding tert-OH is 1. The van der Waals surface area contributed by atoms with Gasteiger partial charge in [-0.2, -0.15) is 0 Å². The van der Waals surface area contributed by atoms with E-state index >= 15 is 0 Å². The second-order valence-corrected chi connectivity index (χ2v) is 6.10. The monoisotopic (exact) mass is 382 g/mol. The number of rotatable bonds is 5. The van der Waals surface area contributed by atoms with Crippen LogP contribution in [0, 0.1) is 10.1 Å². The lowest BCUT2D eigenvalue weighted by molar-refractivity contribution is -0.384. The number of benzene rings is 2. The van der Waals surface area contributed by atoms with Crippen LogP contribution in [-0.4, -0.2) is 32.8 Å². The van der Waals surface area contributed by atoms with Gasteiger partial charge in [0.2, 0.25) is 0 Å². The molecule has 1 aliphatic rings. The Bertz CT molecular complexity index is 1020. The van der Waals surface area contributed by atoms with Crippen molar-refractivity contribution in [2.75, 3.05) is 4.90 Å². The average molecular weight is 382 g/mol. The Balaban J connectivity index is 2.12. The molecule has 28 heavy (non-hydrogen) atoms. The molecule has 2 N–H and O–H groups in total.